The molecule has 1 aromatic rings. The van der Waals surface area contributed by atoms with Crippen LogP contribution in [0.2, 0.25) is 5.02 Å². The van der Waals surface area contributed by atoms with Crippen LogP contribution in [0.3, 0.4) is 0 Å². The average Bonchev–Trinajstić information content (AvgIpc) is 1.98. The lowest BCUT2D eigenvalue weighted by Gasteiger charge is -2.01. The third-order valence-electron chi connectivity index (χ3n) is 1.35. The van der Waals surface area contributed by atoms with Crippen molar-refractivity contribution in [1.82, 2.24) is 4.72 Å². The molecule has 1 rings (SSSR count). The van der Waals surface area contributed by atoms with Crippen molar-refractivity contribution in [2.75, 3.05) is 7.05 Å². The highest BCUT2D eigenvalue weighted by molar-refractivity contribution is 7.97. The molecule has 0 bridgehead atoms. The van der Waals surface area contributed by atoms with Crippen molar-refractivity contribution >= 4 is 23.5 Å². The molecule has 60 valence electrons. The summed E-state index contributed by atoms with van der Waals surface area (Å²) >= 11 is 7.44. The van der Waals surface area contributed by atoms with E-state index in [-0.39, 0.29) is 0 Å². The van der Waals surface area contributed by atoms with Crippen LogP contribution in [0.15, 0.2) is 23.1 Å². The number of benzene rings is 1. The first kappa shape index (κ1) is 8.91. The Bertz CT molecular complexity index is 250. The number of hydrogen-bond acceptors (Lipinski definition) is 2. The molecule has 1 N–H and O–H groups in total. The minimum atomic E-state index is 0.824. The molecular weight excluding hydrogens is 178 g/mol. The summed E-state index contributed by atoms with van der Waals surface area (Å²) in [5.74, 6) is 0. The van der Waals surface area contributed by atoms with Gasteiger partial charge in [0.05, 0.1) is 0 Å². The van der Waals surface area contributed by atoms with Gasteiger partial charge in [0, 0.05) is 9.92 Å². The fourth-order valence-electron chi connectivity index (χ4n) is 0.799. The molecule has 0 saturated heterocycles. The first-order chi connectivity index (χ1) is 5.24. The largest absolute Gasteiger partial charge is 0.263 e. The van der Waals surface area contributed by atoms with Gasteiger partial charge in [-0.25, -0.2) is 0 Å². The first-order valence-electron chi connectivity index (χ1n) is 3.34. The smallest absolute Gasteiger partial charge is 0.0435 e. The lowest BCUT2D eigenvalue weighted by molar-refractivity contribution is 1.27. The van der Waals surface area contributed by atoms with E-state index in [4.69, 9.17) is 11.6 Å². The van der Waals surface area contributed by atoms with E-state index in [1.165, 1.54) is 4.90 Å². The molecule has 3 heteroatoms. The highest BCUT2D eigenvalue weighted by atomic mass is 35.5. The monoisotopic (exact) mass is 187 g/mol. The first-order valence-corrected chi connectivity index (χ1v) is 4.53. The molecule has 0 aliphatic heterocycles. The Labute approximate surface area is 76.3 Å². The van der Waals surface area contributed by atoms with Crippen LogP contribution in [0.4, 0.5) is 0 Å². The lowest BCUT2D eigenvalue weighted by Crippen LogP contribution is -1.90. The number of halogens is 1. The standard InChI is InChI=1S/C8H10ClNS/c1-6-5-7(11-10-2)3-4-8(6)9/h3-5,10H,1-2H3. The summed E-state index contributed by atoms with van der Waals surface area (Å²) in [5, 5.41) is 0.824. The van der Waals surface area contributed by atoms with E-state index in [0.29, 0.717) is 0 Å². The molecule has 1 nitrogen and oxygen atoms in total. The van der Waals surface area contributed by atoms with Crippen molar-refractivity contribution < 1.29 is 0 Å². The second kappa shape index (κ2) is 4.00. The molecule has 0 aliphatic rings. The molecule has 0 radical (unpaired) electrons. The molecule has 11 heavy (non-hydrogen) atoms. The van der Waals surface area contributed by atoms with Crippen molar-refractivity contribution in [1.29, 1.82) is 0 Å². The van der Waals surface area contributed by atoms with Crippen LogP contribution >= 0.6 is 23.5 Å². The molecule has 1 aromatic carbocycles. The van der Waals surface area contributed by atoms with Crippen molar-refractivity contribution in [3.8, 4) is 0 Å². The van der Waals surface area contributed by atoms with E-state index in [2.05, 4.69) is 10.8 Å². The minimum Gasteiger partial charge on any atom is -0.263 e. The number of aryl methyl sites for hydroxylation is 1. The van der Waals surface area contributed by atoms with Crippen LogP contribution < -0.4 is 4.72 Å². The molecule has 0 aromatic heterocycles. The molecule has 0 heterocycles. The summed E-state index contributed by atoms with van der Waals surface area (Å²) in [6.45, 7) is 2.00. The van der Waals surface area contributed by atoms with Gasteiger partial charge in [0.1, 0.15) is 0 Å². The molecule has 0 unspecified atom stereocenters. The van der Waals surface area contributed by atoms with Gasteiger partial charge in [-0.1, -0.05) is 11.6 Å². The quantitative estimate of drug-likeness (QED) is 0.715. The van der Waals surface area contributed by atoms with E-state index >= 15 is 0 Å². The Morgan fingerprint density at radius 1 is 1.45 bits per heavy atom. The predicted octanol–water partition coefficient (Wildman–Crippen LogP) is 2.87. The van der Waals surface area contributed by atoms with Crippen molar-refractivity contribution in [2.24, 2.45) is 0 Å². The predicted molar refractivity (Wildman–Crippen MR) is 51.1 cm³/mol. The van der Waals surface area contributed by atoms with Crippen LogP contribution in [0, 0.1) is 6.92 Å². The van der Waals surface area contributed by atoms with Crippen LogP contribution in [-0.2, 0) is 0 Å². The molecule has 0 spiro atoms. The second-order valence-electron chi connectivity index (χ2n) is 2.22. The van der Waals surface area contributed by atoms with Gasteiger partial charge < -0.3 is 0 Å². The van der Waals surface area contributed by atoms with Gasteiger partial charge in [-0.3, -0.25) is 4.72 Å². The summed E-state index contributed by atoms with van der Waals surface area (Å²) in [6, 6.07) is 5.97. The van der Waals surface area contributed by atoms with E-state index in [9.17, 15) is 0 Å². The molecule has 0 atom stereocenters. The Balaban J connectivity index is 2.86. The van der Waals surface area contributed by atoms with E-state index in [1.807, 2.05) is 26.1 Å². The maximum absolute atomic E-state index is 5.85. The zero-order valence-electron chi connectivity index (χ0n) is 6.52. The number of nitrogens with one attached hydrogen (secondary N) is 1. The Morgan fingerprint density at radius 3 is 2.73 bits per heavy atom. The Hall–Kier alpha value is -0.180. The van der Waals surface area contributed by atoms with Gasteiger partial charge in [0.15, 0.2) is 0 Å². The lowest BCUT2D eigenvalue weighted by atomic mass is 10.2. The maximum Gasteiger partial charge on any atom is 0.0435 e. The second-order valence-corrected chi connectivity index (χ2v) is 3.71. The van der Waals surface area contributed by atoms with Gasteiger partial charge in [-0.2, -0.15) is 0 Å². The molecular formula is C8H10ClNS. The van der Waals surface area contributed by atoms with Crippen LogP contribution in [0.5, 0.6) is 0 Å². The molecule has 0 saturated carbocycles. The minimum absolute atomic E-state index is 0.824. The van der Waals surface area contributed by atoms with Gasteiger partial charge >= 0.3 is 0 Å². The fourth-order valence-corrected chi connectivity index (χ4v) is 1.52. The SMILES string of the molecule is CNSc1ccc(Cl)c(C)c1. The Kier molecular flexibility index (Phi) is 3.24. The van der Waals surface area contributed by atoms with E-state index in [1.54, 1.807) is 11.9 Å². The third-order valence-corrected chi connectivity index (χ3v) is 2.47. The average molecular weight is 188 g/mol. The van der Waals surface area contributed by atoms with Gasteiger partial charge in [-0.05, 0) is 49.7 Å². The van der Waals surface area contributed by atoms with Crippen molar-refractivity contribution in [3.63, 3.8) is 0 Å². The van der Waals surface area contributed by atoms with Gasteiger partial charge in [-0.15, -0.1) is 0 Å². The summed E-state index contributed by atoms with van der Waals surface area (Å²) in [5.41, 5.74) is 1.12. The Morgan fingerprint density at radius 2 is 2.18 bits per heavy atom. The highest BCUT2D eigenvalue weighted by Crippen LogP contribution is 2.21. The zero-order chi connectivity index (χ0) is 8.27. The molecule has 0 aliphatic carbocycles. The summed E-state index contributed by atoms with van der Waals surface area (Å²) in [7, 11) is 1.90. The topological polar surface area (TPSA) is 12.0 Å². The highest BCUT2D eigenvalue weighted by Gasteiger charge is 1.96. The summed E-state index contributed by atoms with van der Waals surface area (Å²) in [6.07, 6.45) is 0. The van der Waals surface area contributed by atoms with Crippen molar-refractivity contribution in [3.05, 3.63) is 28.8 Å². The zero-order valence-corrected chi connectivity index (χ0v) is 8.09. The van der Waals surface area contributed by atoms with Crippen LogP contribution in [0.1, 0.15) is 5.56 Å². The van der Waals surface area contributed by atoms with E-state index in [0.717, 1.165) is 10.6 Å². The fraction of sp³-hybridized carbons (Fsp3) is 0.250. The summed E-state index contributed by atoms with van der Waals surface area (Å²) < 4.78 is 3.00. The van der Waals surface area contributed by atoms with Crippen LogP contribution in [-0.4, -0.2) is 7.05 Å². The number of rotatable bonds is 2. The normalized spacial score (nSPS) is 10.1. The van der Waals surface area contributed by atoms with Gasteiger partial charge in [0.25, 0.3) is 0 Å². The molecule has 0 amide bonds. The van der Waals surface area contributed by atoms with E-state index < -0.39 is 0 Å². The number of hydrogen-bond donors (Lipinski definition) is 1. The molecule has 0 fully saturated rings. The summed E-state index contributed by atoms with van der Waals surface area (Å²) in [4.78, 5) is 1.19. The van der Waals surface area contributed by atoms with Crippen LogP contribution in [0.25, 0.3) is 0 Å². The van der Waals surface area contributed by atoms with Gasteiger partial charge in [0.2, 0.25) is 0 Å². The third kappa shape index (κ3) is 2.40. The van der Waals surface area contributed by atoms with Crippen molar-refractivity contribution in [2.45, 2.75) is 11.8 Å². The maximum atomic E-state index is 5.85.